The van der Waals surface area contributed by atoms with E-state index in [4.69, 9.17) is 13.3 Å². The molecule has 0 aromatic heterocycles. The molecule has 0 aromatic rings. The normalized spacial score (nSPS) is 12.0. The Hall–Kier alpha value is 0.447. The zero-order valence-electron chi connectivity index (χ0n) is 8.67. The van der Waals surface area contributed by atoms with Gasteiger partial charge in [-0.05, 0) is 24.9 Å². The van der Waals surface area contributed by atoms with Crippen LogP contribution in [0.25, 0.3) is 0 Å². The molecule has 79 valence electrons. The van der Waals surface area contributed by atoms with E-state index in [1.807, 2.05) is 11.8 Å². The van der Waals surface area contributed by atoms with Gasteiger partial charge in [-0.15, -0.1) is 0 Å². The Kier molecular flexibility index (Phi) is 8.08. The van der Waals surface area contributed by atoms with Crippen molar-refractivity contribution in [1.82, 2.24) is 0 Å². The standard InChI is InChI=1S/C8H19O3SSi/c1-5-12-7-6-8-13(9-2,10-3)11-4/h1,5-8H2,2-4H3. The molecule has 0 spiro atoms. The molecular formula is C8H19O3SSi. The predicted octanol–water partition coefficient (Wildman–Crippen LogP) is 1.82. The van der Waals surface area contributed by atoms with Crippen molar-refractivity contribution in [3.05, 3.63) is 6.92 Å². The molecule has 0 atom stereocenters. The molecule has 0 unspecified atom stereocenters. The van der Waals surface area contributed by atoms with E-state index in [1.165, 1.54) is 0 Å². The van der Waals surface area contributed by atoms with Crippen LogP contribution in [0.4, 0.5) is 0 Å². The summed E-state index contributed by atoms with van der Waals surface area (Å²) in [5.41, 5.74) is 0. The summed E-state index contributed by atoms with van der Waals surface area (Å²) in [6, 6.07) is 0.878. The van der Waals surface area contributed by atoms with Crippen LogP contribution in [0.3, 0.4) is 0 Å². The van der Waals surface area contributed by atoms with Gasteiger partial charge < -0.3 is 13.3 Å². The third-order valence-corrected chi connectivity index (χ3v) is 5.55. The molecule has 0 bridgehead atoms. The molecule has 3 nitrogen and oxygen atoms in total. The highest BCUT2D eigenvalue weighted by Crippen LogP contribution is 2.16. The summed E-state index contributed by atoms with van der Waals surface area (Å²) in [6.07, 6.45) is 1.06. The molecule has 0 aliphatic carbocycles. The summed E-state index contributed by atoms with van der Waals surface area (Å²) in [7, 11) is 2.64. The van der Waals surface area contributed by atoms with Gasteiger partial charge in [-0.25, -0.2) is 0 Å². The summed E-state index contributed by atoms with van der Waals surface area (Å²) in [4.78, 5) is 0. The van der Waals surface area contributed by atoms with Crippen LogP contribution in [0.15, 0.2) is 0 Å². The first kappa shape index (κ1) is 13.4. The van der Waals surface area contributed by atoms with Gasteiger partial charge in [0, 0.05) is 27.4 Å². The molecule has 0 fully saturated rings. The Labute approximate surface area is 86.5 Å². The summed E-state index contributed by atoms with van der Waals surface area (Å²) in [5, 5.41) is 0. The van der Waals surface area contributed by atoms with E-state index in [0.717, 1.165) is 24.0 Å². The largest absolute Gasteiger partial charge is 0.500 e. The van der Waals surface area contributed by atoms with Crippen LogP contribution in [0.2, 0.25) is 6.04 Å². The van der Waals surface area contributed by atoms with Gasteiger partial charge >= 0.3 is 8.80 Å². The molecule has 0 N–H and O–H groups in total. The Morgan fingerprint density at radius 1 is 1.15 bits per heavy atom. The van der Waals surface area contributed by atoms with Crippen molar-refractivity contribution in [2.45, 2.75) is 12.5 Å². The van der Waals surface area contributed by atoms with Gasteiger partial charge in [-0.1, -0.05) is 0 Å². The smallest absolute Gasteiger partial charge is 0.377 e. The van der Waals surface area contributed by atoms with Crippen LogP contribution in [-0.2, 0) is 13.3 Å². The number of rotatable bonds is 8. The van der Waals surface area contributed by atoms with Crippen molar-refractivity contribution in [3.63, 3.8) is 0 Å². The van der Waals surface area contributed by atoms with Crippen molar-refractivity contribution >= 4 is 20.6 Å². The van der Waals surface area contributed by atoms with Crippen molar-refractivity contribution in [2.24, 2.45) is 0 Å². The van der Waals surface area contributed by atoms with Gasteiger partial charge in [-0.2, -0.15) is 11.8 Å². The van der Waals surface area contributed by atoms with Crippen LogP contribution < -0.4 is 0 Å². The number of hydrogen-bond donors (Lipinski definition) is 0. The fourth-order valence-electron chi connectivity index (χ4n) is 1.05. The molecule has 0 rings (SSSR count). The van der Waals surface area contributed by atoms with E-state index in [-0.39, 0.29) is 0 Å². The lowest BCUT2D eigenvalue weighted by atomic mass is 10.6. The van der Waals surface area contributed by atoms with Crippen LogP contribution in [0.1, 0.15) is 6.42 Å². The van der Waals surface area contributed by atoms with Crippen molar-refractivity contribution in [3.8, 4) is 0 Å². The van der Waals surface area contributed by atoms with Crippen LogP contribution in [0.5, 0.6) is 0 Å². The second-order valence-corrected chi connectivity index (χ2v) is 6.83. The lowest BCUT2D eigenvalue weighted by Gasteiger charge is -2.24. The Bertz CT molecular complexity index is 112. The monoisotopic (exact) mass is 223 g/mol. The van der Waals surface area contributed by atoms with Gasteiger partial charge in [0.2, 0.25) is 0 Å². The van der Waals surface area contributed by atoms with Crippen LogP contribution in [-0.4, -0.2) is 41.6 Å². The van der Waals surface area contributed by atoms with Gasteiger partial charge in [0.25, 0.3) is 0 Å². The first-order valence-corrected chi connectivity index (χ1v) is 7.35. The first-order valence-electron chi connectivity index (χ1n) is 4.27. The molecule has 0 heterocycles. The minimum atomic E-state index is -2.30. The zero-order valence-corrected chi connectivity index (χ0v) is 10.5. The third-order valence-electron chi connectivity index (χ3n) is 1.85. The maximum Gasteiger partial charge on any atom is 0.500 e. The molecule has 0 amide bonds. The molecule has 1 radical (unpaired) electrons. The molecule has 0 aliphatic heterocycles. The van der Waals surface area contributed by atoms with E-state index in [2.05, 4.69) is 6.92 Å². The summed E-state index contributed by atoms with van der Waals surface area (Å²) in [5.74, 6) is 2.01. The maximum absolute atomic E-state index is 5.29. The van der Waals surface area contributed by atoms with Gasteiger partial charge in [0.05, 0.1) is 0 Å². The molecule has 0 saturated heterocycles. The third kappa shape index (κ3) is 5.02. The summed E-state index contributed by atoms with van der Waals surface area (Å²) < 4.78 is 15.9. The minimum absolute atomic E-state index is 0.878. The molecule has 5 heteroatoms. The highest BCUT2D eigenvalue weighted by molar-refractivity contribution is 7.99. The average molecular weight is 223 g/mol. The fraction of sp³-hybridized carbons (Fsp3) is 0.875. The SMILES string of the molecule is [CH2]CSCCC[Si](OC)(OC)OC. The lowest BCUT2D eigenvalue weighted by molar-refractivity contribution is 0.123. The first-order chi connectivity index (χ1) is 6.24. The van der Waals surface area contributed by atoms with Crippen LogP contribution in [0, 0.1) is 6.92 Å². The second-order valence-electron chi connectivity index (χ2n) is 2.51. The van der Waals surface area contributed by atoms with E-state index >= 15 is 0 Å². The Morgan fingerprint density at radius 2 is 1.69 bits per heavy atom. The summed E-state index contributed by atoms with van der Waals surface area (Å²) >= 11 is 1.82. The van der Waals surface area contributed by atoms with Gasteiger partial charge in [0.15, 0.2) is 0 Å². The molecule has 0 aromatic carbocycles. The van der Waals surface area contributed by atoms with Crippen molar-refractivity contribution in [1.29, 1.82) is 0 Å². The molecule has 0 aliphatic rings. The predicted molar refractivity (Wildman–Crippen MR) is 58.9 cm³/mol. The van der Waals surface area contributed by atoms with Crippen molar-refractivity contribution < 1.29 is 13.3 Å². The minimum Gasteiger partial charge on any atom is -0.377 e. The second kappa shape index (κ2) is 7.81. The summed E-state index contributed by atoms with van der Waals surface area (Å²) in [6.45, 7) is 3.76. The van der Waals surface area contributed by atoms with E-state index in [0.29, 0.717) is 0 Å². The topological polar surface area (TPSA) is 27.7 Å². The van der Waals surface area contributed by atoms with Crippen LogP contribution >= 0.6 is 11.8 Å². The maximum atomic E-state index is 5.29. The van der Waals surface area contributed by atoms with E-state index in [1.54, 1.807) is 21.3 Å². The fourth-order valence-corrected chi connectivity index (χ4v) is 3.58. The molecule has 0 saturated carbocycles. The zero-order chi connectivity index (χ0) is 10.2. The number of thioether (sulfide) groups is 1. The Morgan fingerprint density at radius 3 is 2.08 bits per heavy atom. The van der Waals surface area contributed by atoms with E-state index in [9.17, 15) is 0 Å². The number of hydrogen-bond acceptors (Lipinski definition) is 4. The van der Waals surface area contributed by atoms with Crippen molar-refractivity contribution in [2.75, 3.05) is 32.8 Å². The highest BCUT2D eigenvalue weighted by atomic mass is 32.2. The Balaban J connectivity index is 3.68. The molecular weight excluding hydrogens is 204 g/mol. The quantitative estimate of drug-likeness (QED) is 0.463. The highest BCUT2D eigenvalue weighted by Gasteiger charge is 2.36. The molecule has 13 heavy (non-hydrogen) atoms. The van der Waals surface area contributed by atoms with E-state index < -0.39 is 8.80 Å². The lowest BCUT2D eigenvalue weighted by Crippen LogP contribution is -2.42. The average Bonchev–Trinajstić information content (AvgIpc) is 2.20. The van der Waals surface area contributed by atoms with Gasteiger partial charge in [0.1, 0.15) is 0 Å². The van der Waals surface area contributed by atoms with Gasteiger partial charge in [-0.3, -0.25) is 0 Å².